The van der Waals surface area contributed by atoms with Gasteiger partial charge in [-0.1, -0.05) is 44.4 Å². The third-order valence-corrected chi connectivity index (χ3v) is 5.11. The van der Waals surface area contributed by atoms with Gasteiger partial charge in [-0.2, -0.15) is 0 Å². The van der Waals surface area contributed by atoms with Crippen LogP contribution in [0.15, 0.2) is 34.9 Å². The maximum Gasteiger partial charge on any atom is 0.233 e. The minimum absolute atomic E-state index is 0.000711. The van der Waals surface area contributed by atoms with Crippen LogP contribution in [0.3, 0.4) is 0 Å². The van der Waals surface area contributed by atoms with Crippen LogP contribution in [0.1, 0.15) is 43.6 Å². The largest absolute Gasteiger partial charge is 0.301 e. The van der Waals surface area contributed by atoms with E-state index in [2.05, 4.69) is 15.3 Å². The highest BCUT2D eigenvalue weighted by atomic mass is 32.1. The number of aromatic nitrogens is 2. The van der Waals surface area contributed by atoms with Gasteiger partial charge in [0.25, 0.3) is 0 Å². The molecule has 1 N–H and O–H groups in total. The van der Waals surface area contributed by atoms with E-state index in [4.69, 9.17) is 12.6 Å². The number of amides is 1. The van der Waals surface area contributed by atoms with Gasteiger partial charge in [-0.3, -0.25) is 4.79 Å². The smallest absolute Gasteiger partial charge is 0.233 e. The predicted molar refractivity (Wildman–Crippen MR) is 90.2 cm³/mol. The molecule has 22 heavy (non-hydrogen) atoms. The van der Waals surface area contributed by atoms with Crippen molar-refractivity contribution in [1.29, 1.82) is 0 Å². The monoisotopic (exact) mass is 332 g/mol. The number of anilines is 1. The van der Waals surface area contributed by atoms with Crippen LogP contribution in [0.4, 0.5) is 5.13 Å². The van der Waals surface area contributed by atoms with E-state index in [1.54, 1.807) is 18.5 Å². The van der Waals surface area contributed by atoms with Crippen molar-refractivity contribution in [3.8, 4) is 0 Å². The lowest BCUT2D eigenvalue weighted by Gasteiger charge is -2.19. The van der Waals surface area contributed by atoms with Crippen LogP contribution in [-0.4, -0.2) is 15.9 Å². The topological polar surface area (TPSA) is 54.9 Å². The number of hydrogen-bond acceptors (Lipinski definition) is 4. The molecule has 1 unspecified atom stereocenters. The van der Waals surface area contributed by atoms with E-state index in [0.717, 1.165) is 12.0 Å². The summed E-state index contributed by atoms with van der Waals surface area (Å²) in [4.78, 5) is 21.0. The standard InChI is InChI=1S/C16H18N3OS2/c20-15(19-16-17-7-8-22-16)13(9-11-3-1-2-4-11)12-5-6-14(21)18-10-12/h5-8,10-11,13H,1-4,9H2,(H,17,19,20). The fraction of sp³-hybridized carbons (Fsp3) is 0.438. The molecule has 0 bridgehead atoms. The molecule has 6 heteroatoms. The number of hydrogen-bond donors (Lipinski definition) is 1. The van der Waals surface area contributed by atoms with Gasteiger partial charge in [0.1, 0.15) is 5.03 Å². The number of thiazole rings is 1. The third-order valence-electron chi connectivity index (χ3n) is 4.18. The van der Waals surface area contributed by atoms with Crippen molar-refractivity contribution in [3.63, 3.8) is 0 Å². The second-order valence-electron chi connectivity index (χ2n) is 5.70. The van der Waals surface area contributed by atoms with Crippen LogP contribution < -0.4 is 5.32 Å². The van der Waals surface area contributed by atoms with Gasteiger partial charge in [-0.25, -0.2) is 9.97 Å². The molecule has 1 aliphatic rings. The van der Waals surface area contributed by atoms with Crippen molar-refractivity contribution in [3.05, 3.63) is 35.5 Å². The molecule has 115 valence electrons. The minimum atomic E-state index is -0.185. The van der Waals surface area contributed by atoms with E-state index in [0.29, 0.717) is 16.1 Å². The van der Waals surface area contributed by atoms with Gasteiger partial charge < -0.3 is 5.32 Å². The Morgan fingerprint density at radius 2 is 2.18 bits per heavy atom. The van der Waals surface area contributed by atoms with Crippen LogP contribution in [0, 0.1) is 5.92 Å². The molecular formula is C16H18N3OS2. The van der Waals surface area contributed by atoms with Crippen molar-refractivity contribution < 1.29 is 4.79 Å². The fourth-order valence-electron chi connectivity index (χ4n) is 3.05. The van der Waals surface area contributed by atoms with Crippen LogP contribution in [0.2, 0.25) is 0 Å². The van der Waals surface area contributed by atoms with Gasteiger partial charge in [0.15, 0.2) is 5.13 Å². The Morgan fingerprint density at radius 1 is 1.36 bits per heavy atom. The molecule has 2 aromatic heterocycles. The third kappa shape index (κ3) is 3.81. The van der Waals surface area contributed by atoms with Gasteiger partial charge in [0.05, 0.1) is 5.92 Å². The minimum Gasteiger partial charge on any atom is -0.301 e. The maximum atomic E-state index is 12.7. The SMILES string of the molecule is O=C(Nc1nccs1)C(CC1CCCC1)c1ccc([S])nc1. The molecule has 0 aromatic carbocycles. The van der Waals surface area contributed by atoms with Gasteiger partial charge in [-0.05, 0) is 24.0 Å². The van der Waals surface area contributed by atoms with Crippen LogP contribution in [-0.2, 0) is 4.79 Å². The highest BCUT2D eigenvalue weighted by molar-refractivity contribution is 7.80. The lowest BCUT2D eigenvalue weighted by atomic mass is 9.88. The molecule has 1 amide bonds. The van der Waals surface area contributed by atoms with Gasteiger partial charge in [0.2, 0.25) is 5.91 Å². The lowest BCUT2D eigenvalue weighted by molar-refractivity contribution is -0.118. The number of carbonyl (C=O) groups excluding carboxylic acids is 1. The van der Waals surface area contributed by atoms with E-state index < -0.39 is 0 Å². The summed E-state index contributed by atoms with van der Waals surface area (Å²) in [6.45, 7) is 0. The van der Waals surface area contributed by atoms with Gasteiger partial charge in [-0.15, -0.1) is 11.3 Å². The molecule has 0 spiro atoms. The summed E-state index contributed by atoms with van der Waals surface area (Å²) in [7, 11) is 0. The quantitative estimate of drug-likeness (QED) is 0.883. The predicted octanol–water partition coefficient (Wildman–Crippen LogP) is 4.40. The molecule has 2 heterocycles. The summed E-state index contributed by atoms with van der Waals surface area (Å²) in [5.74, 6) is 0.436. The number of pyridine rings is 1. The first-order valence-electron chi connectivity index (χ1n) is 7.55. The molecule has 1 atom stereocenters. The van der Waals surface area contributed by atoms with Crippen molar-refractivity contribution in [2.24, 2.45) is 5.92 Å². The van der Waals surface area contributed by atoms with E-state index in [-0.39, 0.29) is 11.8 Å². The lowest BCUT2D eigenvalue weighted by Crippen LogP contribution is -2.23. The zero-order valence-corrected chi connectivity index (χ0v) is 13.8. The summed E-state index contributed by atoms with van der Waals surface area (Å²) in [6, 6.07) is 3.72. The molecule has 1 radical (unpaired) electrons. The molecule has 3 rings (SSSR count). The molecule has 0 saturated heterocycles. The first-order valence-corrected chi connectivity index (χ1v) is 8.84. The summed E-state index contributed by atoms with van der Waals surface area (Å²) >= 11 is 6.47. The first-order chi connectivity index (χ1) is 10.7. The van der Waals surface area contributed by atoms with Crippen molar-refractivity contribution >= 4 is 35.0 Å². The Bertz CT molecular complexity index is 607. The molecule has 4 nitrogen and oxygen atoms in total. The maximum absolute atomic E-state index is 12.7. The van der Waals surface area contributed by atoms with E-state index in [9.17, 15) is 4.79 Å². The Hall–Kier alpha value is -1.53. The van der Waals surface area contributed by atoms with E-state index in [1.165, 1.54) is 37.0 Å². The summed E-state index contributed by atoms with van der Waals surface area (Å²) in [5, 5.41) is 5.99. The average molecular weight is 332 g/mol. The summed E-state index contributed by atoms with van der Waals surface area (Å²) in [6.07, 6.45) is 9.28. The van der Waals surface area contributed by atoms with Crippen LogP contribution in [0.25, 0.3) is 0 Å². The second-order valence-corrected chi connectivity index (χ2v) is 7.01. The second kappa shape index (κ2) is 7.15. The Balaban J connectivity index is 1.77. The highest BCUT2D eigenvalue weighted by Crippen LogP contribution is 2.34. The van der Waals surface area contributed by atoms with Crippen molar-refractivity contribution in [1.82, 2.24) is 9.97 Å². The normalized spacial score (nSPS) is 16.5. The Kier molecular flexibility index (Phi) is 5.00. The van der Waals surface area contributed by atoms with Gasteiger partial charge >= 0.3 is 0 Å². The van der Waals surface area contributed by atoms with E-state index in [1.807, 2.05) is 11.4 Å². The Morgan fingerprint density at radius 3 is 2.82 bits per heavy atom. The highest BCUT2D eigenvalue weighted by Gasteiger charge is 2.27. The average Bonchev–Trinajstić information content (AvgIpc) is 3.19. The van der Waals surface area contributed by atoms with Crippen LogP contribution >= 0.6 is 24.0 Å². The van der Waals surface area contributed by atoms with Crippen molar-refractivity contribution in [2.75, 3.05) is 5.32 Å². The zero-order chi connectivity index (χ0) is 15.4. The molecule has 1 fully saturated rings. The number of nitrogens with one attached hydrogen (secondary N) is 1. The molecular weight excluding hydrogens is 314 g/mol. The molecule has 2 aromatic rings. The number of carbonyl (C=O) groups is 1. The molecule has 1 saturated carbocycles. The van der Waals surface area contributed by atoms with E-state index >= 15 is 0 Å². The number of nitrogens with zero attached hydrogens (tertiary/aromatic N) is 2. The fourth-order valence-corrected chi connectivity index (χ4v) is 3.70. The van der Waals surface area contributed by atoms with Crippen molar-refractivity contribution in [2.45, 2.75) is 43.0 Å². The van der Waals surface area contributed by atoms with Crippen LogP contribution in [0.5, 0.6) is 0 Å². The molecule has 0 aliphatic heterocycles. The zero-order valence-electron chi connectivity index (χ0n) is 12.2. The Labute approximate surface area is 139 Å². The molecule has 1 aliphatic carbocycles. The van der Waals surface area contributed by atoms with Gasteiger partial charge in [0, 0.05) is 17.8 Å². The number of rotatable bonds is 5. The summed E-state index contributed by atoms with van der Waals surface area (Å²) < 4.78 is 0. The first kappa shape index (κ1) is 15.4. The summed E-state index contributed by atoms with van der Waals surface area (Å²) in [5.41, 5.74) is 0.939.